The number of fused-ring (bicyclic) bond motifs is 1. The molecule has 5 nitrogen and oxygen atoms in total. The number of thioether (sulfide) groups is 1. The van der Waals surface area contributed by atoms with E-state index in [4.69, 9.17) is 0 Å². The van der Waals surface area contributed by atoms with E-state index in [0.717, 1.165) is 30.6 Å². The summed E-state index contributed by atoms with van der Waals surface area (Å²) in [6.07, 6.45) is 4.33. The number of nitrogens with one attached hydrogen (secondary N) is 1. The standard InChI is InChI=1S/C20H22N2O3S2/c23-20(21-16-6-4-5-7-16)15-10-11-19-18(14-15)22(12-13-26-19)27(24,25)17-8-2-1-3-9-17/h1-3,8-11,14,16H,4-7,12-13H2,(H,21,23). The lowest BCUT2D eigenvalue weighted by molar-refractivity contribution is 0.0938. The van der Waals surface area contributed by atoms with Gasteiger partial charge in [0, 0.05) is 28.8 Å². The highest BCUT2D eigenvalue weighted by Crippen LogP contribution is 2.38. The van der Waals surface area contributed by atoms with Crippen molar-refractivity contribution in [3.8, 4) is 0 Å². The van der Waals surface area contributed by atoms with E-state index in [1.165, 1.54) is 4.31 Å². The van der Waals surface area contributed by atoms with E-state index < -0.39 is 10.0 Å². The Morgan fingerprint density at radius 1 is 1.07 bits per heavy atom. The number of benzene rings is 2. The second kappa shape index (κ2) is 7.56. The minimum atomic E-state index is -3.65. The lowest BCUT2D eigenvalue weighted by atomic mass is 10.1. The molecule has 7 heteroatoms. The predicted molar refractivity (Wildman–Crippen MR) is 108 cm³/mol. The van der Waals surface area contributed by atoms with Gasteiger partial charge in [0.05, 0.1) is 10.6 Å². The molecule has 0 aromatic heterocycles. The first-order valence-electron chi connectivity index (χ1n) is 9.21. The van der Waals surface area contributed by atoms with Gasteiger partial charge in [0.15, 0.2) is 0 Å². The molecular weight excluding hydrogens is 380 g/mol. The van der Waals surface area contributed by atoms with Crippen LogP contribution in [0.3, 0.4) is 0 Å². The van der Waals surface area contributed by atoms with Gasteiger partial charge in [-0.2, -0.15) is 0 Å². The molecule has 2 aromatic rings. The average molecular weight is 403 g/mol. The lowest BCUT2D eigenvalue weighted by Gasteiger charge is -2.30. The molecule has 27 heavy (non-hydrogen) atoms. The zero-order valence-electron chi connectivity index (χ0n) is 14.9. The largest absolute Gasteiger partial charge is 0.349 e. The maximum atomic E-state index is 13.1. The summed E-state index contributed by atoms with van der Waals surface area (Å²) in [5.41, 5.74) is 1.10. The summed E-state index contributed by atoms with van der Waals surface area (Å²) in [4.78, 5) is 13.8. The SMILES string of the molecule is O=C(NC1CCCC1)c1ccc2c(c1)N(S(=O)(=O)c1ccccc1)CCS2. The zero-order valence-corrected chi connectivity index (χ0v) is 16.6. The molecule has 1 N–H and O–H groups in total. The van der Waals surface area contributed by atoms with Crippen LogP contribution in [0.25, 0.3) is 0 Å². The fraction of sp³-hybridized carbons (Fsp3) is 0.350. The summed E-state index contributed by atoms with van der Waals surface area (Å²) < 4.78 is 27.7. The Kier molecular flexibility index (Phi) is 5.14. The van der Waals surface area contributed by atoms with E-state index in [0.29, 0.717) is 23.5 Å². The van der Waals surface area contributed by atoms with Crippen LogP contribution in [-0.2, 0) is 10.0 Å². The van der Waals surface area contributed by atoms with Crippen LogP contribution in [0.4, 0.5) is 5.69 Å². The minimum absolute atomic E-state index is 0.127. The molecule has 0 bridgehead atoms. The number of rotatable bonds is 4. The van der Waals surface area contributed by atoms with Crippen molar-refractivity contribution < 1.29 is 13.2 Å². The number of amides is 1. The van der Waals surface area contributed by atoms with Crippen LogP contribution in [0.15, 0.2) is 58.3 Å². The van der Waals surface area contributed by atoms with E-state index in [1.807, 2.05) is 6.07 Å². The minimum Gasteiger partial charge on any atom is -0.349 e. The quantitative estimate of drug-likeness (QED) is 0.848. The third-order valence-electron chi connectivity index (χ3n) is 5.06. The molecule has 1 fully saturated rings. The highest BCUT2D eigenvalue weighted by Gasteiger charge is 2.30. The van der Waals surface area contributed by atoms with Crippen LogP contribution >= 0.6 is 11.8 Å². The third kappa shape index (κ3) is 3.71. The van der Waals surface area contributed by atoms with Crippen molar-refractivity contribution in [3.05, 3.63) is 54.1 Å². The Morgan fingerprint density at radius 2 is 1.81 bits per heavy atom. The van der Waals surface area contributed by atoms with E-state index in [1.54, 1.807) is 54.2 Å². The third-order valence-corrected chi connectivity index (χ3v) is 7.93. The Balaban J connectivity index is 1.66. The highest BCUT2D eigenvalue weighted by atomic mass is 32.2. The van der Waals surface area contributed by atoms with E-state index in [9.17, 15) is 13.2 Å². The van der Waals surface area contributed by atoms with Gasteiger partial charge in [-0.15, -0.1) is 11.8 Å². The van der Waals surface area contributed by atoms with Crippen LogP contribution < -0.4 is 9.62 Å². The van der Waals surface area contributed by atoms with Crippen LogP contribution in [-0.4, -0.2) is 32.7 Å². The average Bonchev–Trinajstić information content (AvgIpc) is 3.20. The molecule has 0 radical (unpaired) electrons. The highest BCUT2D eigenvalue weighted by molar-refractivity contribution is 8.00. The fourth-order valence-corrected chi connectivity index (χ4v) is 6.29. The molecule has 2 aromatic carbocycles. The second-order valence-corrected chi connectivity index (χ2v) is 9.88. The van der Waals surface area contributed by atoms with Gasteiger partial charge in [-0.3, -0.25) is 9.10 Å². The van der Waals surface area contributed by atoms with Gasteiger partial charge in [0.2, 0.25) is 0 Å². The first-order chi connectivity index (χ1) is 13.1. The molecule has 2 aliphatic rings. The maximum absolute atomic E-state index is 13.1. The van der Waals surface area contributed by atoms with Gasteiger partial charge in [-0.25, -0.2) is 8.42 Å². The molecule has 0 atom stereocenters. The van der Waals surface area contributed by atoms with Crippen LogP contribution in [0.2, 0.25) is 0 Å². The molecule has 1 aliphatic heterocycles. The number of hydrogen-bond donors (Lipinski definition) is 1. The van der Waals surface area contributed by atoms with Crippen molar-refractivity contribution >= 4 is 33.4 Å². The van der Waals surface area contributed by atoms with Crippen molar-refractivity contribution in [2.45, 2.75) is 41.5 Å². The number of carbonyl (C=O) groups excluding carboxylic acids is 1. The summed E-state index contributed by atoms with van der Waals surface area (Å²) >= 11 is 1.62. The Bertz CT molecular complexity index is 939. The Hall–Kier alpha value is -1.99. The lowest BCUT2D eigenvalue weighted by Crippen LogP contribution is -2.36. The molecule has 1 aliphatic carbocycles. The van der Waals surface area contributed by atoms with Crippen LogP contribution in [0, 0.1) is 0 Å². The monoisotopic (exact) mass is 402 g/mol. The van der Waals surface area contributed by atoms with Gasteiger partial charge >= 0.3 is 0 Å². The summed E-state index contributed by atoms with van der Waals surface area (Å²) in [5.74, 6) is 0.560. The predicted octanol–water partition coefficient (Wildman–Crippen LogP) is 3.66. The van der Waals surface area contributed by atoms with E-state index in [2.05, 4.69) is 5.32 Å². The normalized spacial score (nSPS) is 17.6. The molecule has 4 rings (SSSR count). The topological polar surface area (TPSA) is 66.5 Å². The van der Waals surface area contributed by atoms with Crippen molar-refractivity contribution in [2.24, 2.45) is 0 Å². The van der Waals surface area contributed by atoms with Gasteiger partial charge in [-0.05, 0) is 43.2 Å². The summed E-state index contributed by atoms with van der Waals surface area (Å²) in [6.45, 7) is 0.391. The number of sulfonamides is 1. The van der Waals surface area contributed by atoms with E-state index in [-0.39, 0.29) is 16.8 Å². The van der Waals surface area contributed by atoms with Crippen molar-refractivity contribution in [3.63, 3.8) is 0 Å². The number of carbonyl (C=O) groups is 1. The van der Waals surface area contributed by atoms with Gasteiger partial charge in [0.1, 0.15) is 0 Å². The molecule has 1 amide bonds. The van der Waals surface area contributed by atoms with Gasteiger partial charge in [-0.1, -0.05) is 31.0 Å². The van der Waals surface area contributed by atoms with Gasteiger partial charge in [0.25, 0.3) is 15.9 Å². The number of anilines is 1. The van der Waals surface area contributed by atoms with Crippen LogP contribution in [0.1, 0.15) is 36.0 Å². The van der Waals surface area contributed by atoms with Crippen LogP contribution in [0.5, 0.6) is 0 Å². The first-order valence-corrected chi connectivity index (χ1v) is 11.6. The molecule has 1 heterocycles. The molecule has 0 saturated heterocycles. The molecule has 0 spiro atoms. The molecule has 0 unspecified atom stereocenters. The summed E-state index contributed by atoms with van der Waals surface area (Å²) in [6, 6.07) is 14.0. The second-order valence-electron chi connectivity index (χ2n) is 6.88. The number of nitrogens with zero attached hydrogens (tertiary/aromatic N) is 1. The fourth-order valence-electron chi connectivity index (χ4n) is 3.64. The van der Waals surface area contributed by atoms with E-state index >= 15 is 0 Å². The van der Waals surface area contributed by atoms with Crippen molar-refractivity contribution in [1.29, 1.82) is 0 Å². The van der Waals surface area contributed by atoms with Gasteiger partial charge < -0.3 is 5.32 Å². The maximum Gasteiger partial charge on any atom is 0.264 e. The summed E-state index contributed by atoms with van der Waals surface area (Å²) in [7, 11) is -3.65. The Morgan fingerprint density at radius 3 is 2.56 bits per heavy atom. The molecule has 142 valence electrons. The molecule has 1 saturated carbocycles. The van der Waals surface area contributed by atoms with Crippen molar-refractivity contribution in [2.75, 3.05) is 16.6 Å². The Labute approximate surface area is 164 Å². The molecular formula is C20H22N2O3S2. The summed E-state index contributed by atoms with van der Waals surface area (Å²) in [5, 5.41) is 3.07. The zero-order chi connectivity index (χ0) is 18.9. The smallest absolute Gasteiger partial charge is 0.264 e. The number of hydrogen-bond acceptors (Lipinski definition) is 4. The first kappa shape index (κ1) is 18.4. The van der Waals surface area contributed by atoms with Crippen molar-refractivity contribution in [1.82, 2.24) is 5.32 Å².